The second-order valence-electron chi connectivity index (χ2n) is 4.06. The van der Waals surface area contributed by atoms with Gasteiger partial charge >= 0.3 is 0 Å². The monoisotopic (exact) mass is 194 g/mol. The number of rotatable bonds is 2. The van der Waals surface area contributed by atoms with Crippen molar-refractivity contribution in [2.24, 2.45) is 5.73 Å². The summed E-state index contributed by atoms with van der Waals surface area (Å²) in [5.41, 5.74) is 7.79. The van der Waals surface area contributed by atoms with Gasteiger partial charge in [-0.2, -0.15) is 0 Å². The third-order valence-corrected chi connectivity index (χ3v) is 3.10. The molecule has 1 aliphatic rings. The molecule has 1 aromatic heterocycles. The molecule has 0 spiro atoms. The standard InChI is InChI=1S/C10H18N4/c1-8-10(7-11)14(13-12-8)9-5-3-2-4-6-9/h9H,2-7,11H2,1H3. The van der Waals surface area contributed by atoms with Crippen LogP contribution < -0.4 is 5.73 Å². The van der Waals surface area contributed by atoms with Crippen LogP contribution in [-0.4, -0.2) is 15.0 Å². The summed E-state index contributed by atoms with van der Waals surface area (Å²) in [6.07, 6.45) is 6.45. The van der Waals surface area contributed by atoms with Crippen LogP contribution in [0.4, 0.5) is 0 Å². The van der Waals surface area contributed by atoms with E-state index in [1.165, 1.54) is 32.1 Å². The summed E-state index contributed by atoms with van der Waals surface area (Å²) < 4.78 is 2.05. The summed E-state index contributed by atoms with van der Waals surface area (Å²) in [6.45, 7) is 2.53. The van der Waals surface area contributed by atoms with Gasteiger partial charge in [-0.1, -0.05) is 24.5 Å². The molecule has 2 N–H and O–H groups in total. The Bertz CT molecular complexity index is 299. The van der Waals surface area contributed by atoms with Crippen LogP contribution in [0.15, 0.2) is 0 Å². The van der Waals surface area contributed by atoms with Gasteiger partial charge < -0.3 is 5.73 Å². The molecule has 0 radical (unpaired) electrons. The van der Waals surface area contributed by atoms with E-state index in [0.717, 1.165) is 11.4 Å². The molecule has 0 unspecified atom stereocenters. The lowest BCUT2D eigenvalue weighted by molar-refractivity contribution is 0.317. The predicted octanol–water partition coefficient (Wildman–Crippen LogP) is 1.55. The van der Waals surface area contributed by atoms with Gasteiger partial charge in [-0.15, -0.1) is 5.10 Å². The zero-order valence-corrected chi connectivity index (χ0v) is 8.74. The minimum absolute atomic E-state index is 0.545. The molecule has 14 heavy (non-hydrogen) atoms. The number of nitrogens with two attached hydrogens (primary N) is 1. The maximum absolute atomic E-state index is 5.70. The Morgan fingerprint density at radius 3 is 2.71 bits per heavy atom. The van der Waals surface area contributed by atoms with Crippen molar-refractivity contribution < 1.29 is 0 Å². The fourth-order valence-corrected chi connectivity index (χ4v) is 2.25. The molecule has 0 amide bonds. The highest BCUT2D eigenvalue weighted by Gasteiger charge is 2.19. The molecule has 1 heterocycles. The molecule has 1 fully saturated rings. The van der Waals surface area contributed by atoms with Crippen LogP contribution in [0, 0.1) is 6.92 Å². The van der Waals surface area contributed by atoms with Crippen LogP contribution in [0.3, 0.4) is 0 Å². The normalized spacial score (nSPS) is 18.7. The number of hydrogen-bond acceptors (Lipinski definition) is 3. The minimum Gasteiger partial charge on any atom is -0.325 e. The van der Waals surface area contributed by atoms with E-state index >= 15 is 0 Å². The van der Waals surface area contributed by atoms with Crippen LogP contribution in [-0.2, 0) is 6.54 Å². The lowest BCUT2D eigenvalue weighted by Crippen LogP contribution is -2.18. The Hall–Kier alpha value is -0.900. The second-order valence-corrected chi connectivity index (χ2v) is 4.06. The van der Waals surface area contributed by atoms with E-state index in [4.69, 9.17) is 5.73 Å². The molecule has 4 nitrogen and oxygen atoms in total. The van der Waals surface area contributed by atoms with Crippen molar-refractivity contribution >= 4 is 0 Å². The number of aryl methyl sites for hydroxylation is 1. The van der Waals surface area contributed by atoms with Crippen LogP contribution in [0.5, 0.6) is 0 Å². The molecule has 0 aromatic carbocycles. The van der Waals surface area contributed by atoms with Gasteiger partial charge in [0.25, 0.3) is 0 Å². The first-order chi connectivity index (χ1) is 6.83. The zero-order valence-electron chi connectivity index (χ0n) is 8.74. The first kappa shape index (κ1) is 9.65. The Kier molecular flexibility index (Phi) is 2.82. The summed E-state index contributed by atoms with van der Waals surface area (Å²) in [5.74, 6) is 0. The van der Waals surface area contributed by atoms with Gasteiger partial charge in [0, 0.05) is 6.54 Å². The van der Waals surface area contributed by atoms with Crippen LogP contribution in [0.1, 0.15) is 49.5 Å². The molecule has 0 aliphatic heterocycles. The third-order valence-electron chi connectivity index (χ3n) is 3.10. The molecule has 1 saturated carbocycles. The minimum atomic E-state index is 0.545. The van der Waals surface area contributed by atoms with Crippen molar-refractivity contribution in [3.8, 4) is 0 Å². The molecule has 4 heteroatoms. The molecule has 78 valence electrons. The Morgan fingerprint density at radius 1 is 1.36 bits per heavy atom. The topological polar surface area (TPSA) is 56.7 Å². The summed E-state index contributed by atoms with van der Waals surface area (Å²) in [7, 11) is 0. The molecule has 0 atom stereocenters. The SMILES string of the molecule is Cc1nnn(C2CCCCC2)c1CN. The molecule has 2 rings (SSSR count). The summed E-state index contributed by atoms with van der Waals surface area (Å²) >= 11 is 0. The first-order valence-corrected chi connectivity index (χ1v) is 5.43. The molecular formula is C10H18N4. The van der Waals surface area contributed by atoms with Gasteiger partial charge in [0.2, 0.25) is 0 Å². The van der Waals surface area contributed by atoms with Crippen molar-refractivity contribution in [2.45, 2.75) is 51.6 Å². The van der Waals surface area contributed by atoms with Gasteiger partial charge in [0.05, 0.1) is 17.4 Å². The third kappa shape index (κ3) is 1.66. The largest absolute Gasteiger partial charge is 0.325 e. The van der Waals surface area contributed by atoms with E-state index in [2.05, 4.69) is 15.0 Å². The summed E-state index contributed by atoms with van der Waals surface area (Å²) in [4.78, 5) is 0. The quantitative estimate of drug-likeness (QED) is 0.777. The highest BCUT2D eigenvalue weighted by Crippen LogP contribution is 2.28. The van der Waals surface area contributed by atoms with Gasteiger partial charge in [-0.25, -0.2) is 4.68 Å². The van der Waals surface area contributed by atoms with Crippen molar-refractivity contribution in [3.63, 3.8) is 0 Å². The molecular weight excluding hydrogens is 176 g/mol. The molecule has 1 aromatic rings. The fourth-order valence-electron chi connectivity index (χ4n) is 2.25. The van der Waals surface area contributed by atoms with Gasteiger partial charge in [-0.3, -0.25) is 0 Å². The fraction of sp³-hybridized carbons (Fsp3) is 0.800. The molecule has 0 saturated heterocycles. The lowest BCUT2D eigenvalue weighted by Gasteiger charge is -2.22. The summed E-state index contributed by atoms with van der Waals surface area (Å²) in [6, 6.07) is 0.545. The highest BCUT2D eigenvalue weighted by molar-refractivity contribution is 5.08. The van der Waals surface area contributed by atoms with Crippen molar-refractivity contribution in [1.82, 2.24) is 15.0 Å². The average molecular weight is 194 g/mol. The maximum atomic E-state index is 5.70. The first-order valence-electron chi connectivity index (χ1n) is 5.43. The van der Waals surface area contributed by atoms with Crippen LogP contribution in [0.2, 0.25) is 0 Å². The highest BCUT2D eigenvalue weighted by atomic mass is 15.4. The number of nitrogens with zero attached hydrogens (tertiary/aromatic N) is 3. The molecule has 0 bridgehead atoms. The van der Waals surface area contributed by atoms with E-state index in [0.29, 0.717) is 12.6 Å². The van der Waals surface area contributed by atoms with Crippen LogP contribution >= 0.6 is 0 Å². The molecule has 1 aliphatic carbocycles. The van der Waals surface area contributed by atoms with Crippen molar-refractivity contribution in [2.75, 3.05) is 0 Å². The van der Waals surface area contributed by atoms with Crippen LogP contribution in [0.25, 0.3) is 0 Å². The van der Waals surface area contributed by atoms with E-state index < -0.39 is 0 Å². The van der Waals surface area contributed by atoms with E-state index in [9.17, 15) is 0 Å². The van der Waals surface area contributed by atoms with Crippen molar-refractivity contribution in [3.05, 3.63) is 11.4 Å². The van der Waals surface area contributed by atoms with Gasteiger partial charge in [0.15, 0.2) is 0 Å². The van der Waals surface area contributed by atoms with E-state index in [1.54, 1.807) is 0 Å². The van der Waals surface area contributed by atoms with E-state index in [-0.39, 0.29) is 0 Å². The predicted molar refractivity (Wildman–Crippen MR) is 54.8 cm³/mol. The Morgan fingerprint density at radius 2 is 2.07 bits per heavy atom. The Labute approximate surface area is 84.5 Å². The average Bonchev–Trinajstić information content (AvgIpc) is 2.61. The maximum Gasteiger partial charge on any atom is 0.0841 e. The van der Waals surface area contributed by atoms with Gasteiger partial charge in [-0.05, 0) is 19.8 Å². The van der Waals surface area contributed by atoms with E-state index in [1.807, 2.05) is 6.92 Å². The Balaban J connectivity index is 2.21. The number of hydrogen-bond donors (Lipinski definition) is 1. The lowest BCUT2D eigenvalue weighted by atomic mass is 9.95. The smallest absolute Gasteiger partial charge is 0.0841 e. The van der Waals surface area contributed by atoms with Gasteiger partial charge in [0.1, 0.15) is 0 Å². The van der Waals surface area contributed by atoms with Crippen molar-refractivity contribution in [1.29, 1.82) is 0 Å². The second kappa shape index (κ2) is 4.09. The summed E-state index contributed by atoms with van der Waals surface area (Å²) in [5, 5.41) is 8.29. The number of aromatic nitrogens is 3. The zero-order chi connectivity index (χ0) is 9.97.